The lowest BCUT2D eigenvalue weighted by molar-refractivity contribution is -0.384. The minimum atomic E-state index is -0.470. The van der Waals surface area contributed by atoms with Gasteiger partial charge in [0, 0.05) is 17.7 Å². The van der Waals surface area contributed by atoms with E-state index in [-0.39, 0.29) is 17.1 Å². The van der Waals surface area contributed by atoms with Crippen LogP contribution in [-0.4, -0.2) is 9.91 Å². The van der Waals surface area contributed by atoms with Crippen LogP contribution in [0.15, 0.2) is 52.9 Å². The Morgan fingerprint density at radius 2 is 1.82 bits per heavy atom. The van der Waals surface area contributed by atoms with E-state index in [9.17, 15) is 14.5 Å². The van der Waals surface area contributed by atoms with Gasteiger partial charge in [0.05, 0.1) is 16.2 Å². The SMILES string of the molecule is Cc1nc(-c2ccccc2F)oc1-c1ccc([N+](=O)[O-])cc1. The predicted octanol–water partition coefficient (Wildman–Crippen LogP) is 4.36. The van der Waals surface area contributed by atoms with Gasteiger partial charge in [-0.25, -0.2) is 9.37 Å². The van der Waals surface area contributed by atoms with Gasteiger partial charge in [-0.2, -0.15) is 0 Å². The summed E-state index contributed by atoms with van der Waals surface area (Å²) in [5, 5.41) is 10.7. The van der Waals surface area contributed by atoms with Gasteiger partial charge in [0.25, 0.3) is 5.69 Å². The minimum Gasteiger partial charge on any atom is -0.436 e. The van der Waals surface area contributed by atoms with E-state index in [1.807, 2.05) is 0 Å². The maximum atomic E-state index is 13.8. The first kappa shape index (κ1) is 13.9. The average molecular weight is 298 g/mol. The van der Waals surface area contributed by atoms with Crippen molar-refractivity contribution >= 4 is 5.69 Å². The monoisotopic (exact) mass is 298 g/mol. The third-order valence-electron chi connectivity index (χ3n) is 3.24. The second-order valence-electron chi connectivity index (χ2n) is 4.72. The van der Waals surface area contributed by atoms with Crippen molar-refractivity contribution < 1.29 is 13.7 Å². The number of benzene rings is 2. The normalized spacial score (nSPS) is 10.6. The molecule has 5 nitrogen and oxygen atoms in total. The lowest BCUT2D eigenvalue weighted by atomic mass is 10.1. The molecule has 1 heterocycles. The van der Waals surface area contributed by atoms with Crippen molar-refractivity contribution in [3.63, 3.8) is 0 Å². The van der Waals surface area contributed by atoms with Crippen molar-refractivity contribution in [3.8, 4) is 22.8 Å². The number of non-ortho nitro benzene ring substituents is 1. The van der Waals surface area contributed by atoms with Gasteiger partial charge in [0.1, 0.15) is 5.82 Å². The molecule has 3 rings (SSSR count). The fourth-order valence-electron chi connectivity index (χ4n) is 2.15. The van der Waals surface area contributed by atoms with Gasteiger partial charge in [-0.1, -0.05) is 12.1 Å². The Bertz CT molecular complexity index is 841. The third kappa shape index (κ3) is 2.46. The molecule has 0 amide bonds. The van der Waals surface area contributed by atoms with Crippen molar-refractivity contribution in [2.24, 2.45) is 0 Å². The van der Waals surface area contributed by atoms with Crippen LogP contribution in [0.3, 0.4) is 0 Å². The van der Waals surface area contributed by atoms with Crippen LogP contribution in [0, 0.1) is 22.9 Å². The second-order valence-corrected chi connectivity index (χ2v) is 4.72. The first-order chi connectivity index (χ1) is 10.6. The Balaban J connectivity index is 2.03. The van der Waals surface area contributed by atoms with Crippen molar-refractivity contribution in [3.05, 3.63) is 70.2 Å². The van der Waals surface area contributed by atoms with Crippen LogP contribution in [0.25, 0.3) is 22.8 Å². The molecule has 0 bridgehead atoms. The Morgan fingerprint density at radius 3 is 2.45 bits per heavy atom. The summed E-state index contributed by atoms with van der Waals surface area (Å²) in [7, 11) is 0. The largest absolute Gasteiger partial charge is 0.436 e. The van der Waals surface area contributed by atoms with E-state index in [1.165, 1.54) is 18.2 Å². The molecule has 0 unspecified atom stereocenters. The summed E-state index contributed by atoms with van der Waals surface area (Å²) in [6.07, 6.45) is 0. The number of halogens is 1. The Morgan fingerprint density at radius 1 is 1.14 bits per heavy atom. The highest BCUT2D eigenvalue weighted by Crippen LogP contribution is 2.31. The number of hydrogen-bond donors (Lipinski definition) is 0. The molecule has 0 saturated heterocycles. The molecule has 0 spiro atoms. The molecule has 0 aliphatic rings. The highest BCUT2D eigenvalue weighted by Gasteiger charge is 2.16. The van der Waals surface area contributed by atoms with E-state index in [0.717, 1.165) is 0 Å². The molecule has 0 radical (unpaired) electrons. The number of oxazole rings is 1. The van der Waals surface area contributed by atoms with E-state index in [4.69, 9.17) is 4.42 Å². The van der Waals surface area contributed by atoms with Crippen molar-refractivity contribution in [1.29, 1.82) is 0 Å². The quantitative estimate of drug-likeness (QED) is 0.532. The maximum absolute atomic E-state index is 13.8. The zero-order chi connectivity index (χ0) is 15.7. The molecule has 22 heavy (non-hydrogen) atoms. The molecular weight excluding hydrogens is 287 g/mol. The molecule has 110 valence electrons. The molecule has 0 saturated carbocycles. The van der Waals surface area contributed by atoms with Gasteiger partial charge in [0.2, 0.25) is 5.89 Å². The predicted molar refractivity (Wildman–Crippen MR) is 78.7 cm³/mol. The standard InChI is InChI=1S/C16H11FN2O3/c1-10-15(11-6-8-12(9-7-11)19(20)21)22-16(18-10)13-4-2-3-5-14(13)17/h2-9H,1H3. The lowest BCUT2D eigenvalue weighted by Gasteiger charge is -1.98. The number of aromatic nitrogens is 1. The maximum Gasteiger partial charge on any atom is 0.269 e. The molecule has 6 heteroatoms. The molecule has 3 aromatic rings. The van der Waals surface area contributed by atoms with Crippen LogP contribution in [0.5, 0.6) is 0 Å². The summed E-state index contributed by atoms with van der Waals surface area (Å²) in [6, 6.07) is 12.1. The average Bonchev–Trinajstić information content (AvgIpc) is 2.89. The van der Waals surface area contributed by atoms with Gasteiger partial charge in [0.15, 0.2) is 5.76 Å². The molecule has 0 atom stereocenters. The number of rotatable bonds is 3. The van der Waals surface area contributed by atoms with E-state index in [1.54, 1.807) is 37.3 Å². The summed E-state index contributed by atoms with van der Waals surface area (Å²) < 4.78 is 19.4. The molecule has 0 aliphatic heterocycles. The van der Waals surface area contributed by atoms with Crippen LogP contribution in [-0.2, 0) is 0 Å². The van der Waals surface area contributed by atoms with E-state index in [2.05, 4.69) is 4.98 Å². The van der Waals surface area contributed by atoms with Crippen LogP contribution < -0.4 is 0 Å². The molecular formula is C16H11FN2O3. The highest BCUT2D eigenvalue weighted by atomic mass is 19.1. The summed E-state index contributed by atoms with van der Waals surface area (Å²) in [5.41, 5.74) is 1.51. The molecule has 2 aromatic carbocycles. The summed E-state index contributed by atoms with van der Waals surface area (Å²) in [4.78, 5) is 14.4. The fraction of sp³-hybridized carbons (Fsp3) is 0.0625. The summed E-state index contributed by atoms with van der Waals surface area (Å²) in [5.74, 6) is 0.233. The topological polar surface area (TPSA) is 69.2 Å². The molecule has 0 fully saturated rings. The van der Waals surface area contributed by atoms with Gasteiger partial charge < -0.3 is 4.42 Å². The van der Waals surface area contributed by atoms with Crippen molar-refractivity contribution in [2.75, 3.05) is 0 Å². The van der Waals surface area contributed by atoms with Crippen LogP contribution in [0.4, 0.5) is 10.1 Å². The Kier molecular flexibility index (Phi) is 3.42. The summed E-state index contributed by atoms with van der Waals surface area (Å²) in [6.45, 7) is 1.74. The Hall–Kier alpha value is -3.02. The van der Waals surface area contributed by atoms with Crippen LogP contribution in [0.1, 0.15) is 5.69 Å². The number of nitro groups is 1. The number of hydrogen-bond acceptors (Lipinski definition) is 4. The second kappa shape index (κ2) is 5.40. The smallest absolute Gasteiger partial charge is 0.269 e. The first-order valence-electron chi connectivity index (χ1n) is 6.53. The third-order valence-corrected chi connectivity index (χ3v) is 3.24. The lowest BCUT2D eigenvalue weighted by Crippen LogP contribution is -1.87. The number of nitro benzene ring substituents is 1. The molecule has 1 aromatic heterocycles. The van der Waals surface area contributed by atoms with Crippen molar-refractivity contribution in [2.45, 2.75) is 6.92 Å². The van der Waals surface area contributed by atoms with Crippen LogP contribution >= 0.6 is 0 Å². The van der Waals surface area contributed by atoms with Crippen molar-refractivity contribution in [1.82, 2.24) is 4.98 Å². The zero-order valence-corrected chi connectivity index (χ0v) is 11.6. The van der Waals surface area contributed by atoms with Gasteiger partial charge in [-0.15, -0.1) is 0 Å². The fourth-order valence-corrected chi connectivity index (χ4v) is 2.15. The first-order valence-corrected chi connectivity index (χ1v) is 6.53. The minimum absolute atomic E-state index is 0.00440. The van der Waals surface area contributed by atoms with Gasteiger partial charge in [-0.3, -0.25) is 10.1 Å². The zero-order valence-electron chi connectivity index (χ0n) is 11.6. The Labute approximate surface area is 125 Å². The van der Waals surface area contributed by atoms with E-state index in [0.29, 0.717) is 17.0 Å². The van der Waals surface area contributed by atoms with Gasteiger partial charge >= 0.3 is 0 Å². The number of aryl methyl sites for hydroxylation is 1. The summed E-state index contributed by atoms with van der Waals surface area (Å²) >= 11 is 0. The number of nitrogens with zero attached hydrogens (tertiary/aromatic N) is 2. The van der Waals surface area contributed by atoms with E-state index < -0.39 is 10.7 Å². The molecule has 0 aliphatic carbocycles. The van der Waals surface area contributed by atoms with Crippen LogP contribution in [0.2, 0.25) is 0 Å². The highest BCUT2D eigenvalue weighted by molar-refractivity contribution is 5.65. The molecule has 0 N–H and O–H groups in total. The van der Waals surface area contributed by atoms with E-state index >= 15 is 0 Å². The van der Waals surface area contributed by atoms with Gasteiger partial charge in [-0.05, 0) is 31.2 Å².